The Morgan fingerprint density at radius 1 is 1.03 bits per heavy atom. The van der Waals surface area contributed by atoms with Gasteiger partial charge in [0, 0.05) is 43.5 Å². The first-order valence-corrected chi connectivity index (χ1v) is 11.7. The highest BCUT2D eigenvalue weighted by Crippen LogP contribution is 2.36. The van der Waals surface area contributed by atoms with Crippen LogP contribution in [-0.2, 0) is 22.4 Å². The summed E-state index contributed by atoms with van der Waals surface area (Å²) in [6.45, 7) is 4.09. The minimum atomic E-state index is -0.411. The van der Waals surface area contributed by atoms with Crippen molar-refractivity contribution >= 4 is 11.8 Å². The number of hydrogen-bond acceptors (Lipinski definition) is 3. The highest BCUT2D eigenvalue weighted by Gasteiger charge is 2.43. The Kier molecular flexibility index (Phi) is 6.87. The molecule has 0 aliphatic carbocycles. The van der Waals surface area contributed by atoms with E-state index < -0.39 is 5.41 Å². The number of piperidine rings is 1. The number of aromatic nitrogens is 1. The number of likely N-dealkylation sites (tertiary alicyclic amines) is 2. The van der Waals surface area contributed by atoms with Crippen molar-refractivity contribution in [2.75, 3.05) is 19.6 Å². The zero-order valence-corrected chi connectivity index (χ0v) is 18.8. The Morgan fingerprint density at radius 3 is 2.41 bits per heavy atom. The first-order chi connectivity index (χ1) is 15.4. The molecule has 0 saturated carbocycles. The van der Waals surface area contributed by atoms with Crippen LogP contribution in [0.15, 0.2) is 48.8 Å². The zero-order chi connectivity index (χ0) is 22.6. The Hall–Kier alpha value is -2.76. The first kappa shape index (κ1) is 22.4. The van der Waals surface area contributed by atoms with Crippen LogP contribution in [0.25, 0.3) is 0 Å². The van der Waals surface area contributed by atoms with Gasteiger partial charge in [-0.1, -0.05) is 19.1 Å². The highest BCUT2D eigenvalue weighted by molar-refractivity contribution is 5.84. The molecule has 1 unspecified atom stereocenters. The number of benzene rings is 1. The molecule has 3 heterocycles. The molecule has 0 radical (unpaired) electrons. The second-order valence-electron chi connectivity index (χ2n) is 9.43. The number of amides is 2. The molecule has 2 saturated heterocycles. The van der Waals surface area contributed by atoms with Crippen molar-refractivity contribution < 1.29 is 14.0 Å². The van der Waals surface area contributed by atoms with E-state index in [4.69, 9.17) is 0 Å². The standard InChI is InChI=1S/C26H32FN3O2/c1-26(12-17-29(18-13-26)24(31)19-21-4-7-22(27)8-5-21)25(32)30-16-2-3-23(30)9-6-20-10-14-28-15-11-20/h4-5,7-8,10-11,14-15,23H,2-3,6,9,12-13,16-19H2,1H3. The molecule has 2 aliphatic heterocycles. The summed E-state index contributed by atoms with van der Waals surface area (Å²) >= 11 is 0. The van der Waals surface area contributed by atoms with Crippen LogP contribution in [0.3, 0.4) is 0 Å². The quantitative estimate of drug-likeness (QED) is 0.686. The van der Waals surface area contributed by atoms with E-state index in [0.29, 0.717) is 32.0 Å². The van der Waals surface area contributed by atoms with Crippen molar-refractivity contribution in [2.45, 2.75) is 57.9 Å². The summed E-state index contributed by atoms with van der Waals surface area (Å²) in [6.07, 6.45) is 9.35. The smallest absolute Gasteiger partial charge is 0.228 e. The number of pyridine rings is 1. The number of nitrogens with zero attached hydrogens (tertiary/aromatic N) is 3. The van der Waals surface area contributed by atoms with Crippen molar-refractivity contribution in [3.05, 3.63) is 65.7 Å². The number of halogens is 1. The van der Waals surface area contributed by atoms with Gasteiger partial charge in [-0.15, -0.1) is 0 Å². The summed E-state index contributed by atoms with van der Waals surface area (Å²) in [6, 6.07) is 10.5. The van der Waals surface area contributed by atoms with E-state index in [1.54, 1.807) is 12.1 Å². The van der Waals surface area contributed by atoms with Gasteiger partial charge < -0.3 is 9.80 Å². The lowest BCUT2D eigenvalue weighted by Gasteiger charge is -2.41. The van der Waals surface area contributed by atoms with E-state index in [1.165, 1.54) is 17.7 Å². The van der Waals surface area contributed by atoms with Gasteiger partial charge >= 0.3 is 0 Å². The molecule has 1 atom stereocenters. The maximum absolute atomic E-state index is 13.5. The second-order valence-corrected chi connectivity index (χ2v) is 9.43. The minimum Gasteiger partial charge on any atom is -0.342 e. The van der Waals surface area contributed by atoms with Gasteiger partial charge in [0.05, 0.1) is 6.42 Å². The van der Waals surface area contributed by atoms with Crippen LogP contribution < -0.4 is 0 Å². The molecule has 1 aromatic carbocycles. The van der Waals surface area contributed by atoms with Crippen LogP contribution in [0.4, 0.5) is 4.39 Å². The van der Waals surface area contributed by atoms with Gasteiger partial charge in [-0.05, 0) is 73.9 Å². The Morgan fingerprint density at radius 2 is 1.72 bits per heavy atom. The molecule has 4 rings (SSSR count). The van der Waals surface area contributed by atoms with Gasteiger partial charge in [0.25, 0.3) is 0 Å². The second kappa shape index (κ2) is 9.80. The summed E-state index contributed by atoms with van der Waals surface area (Å²) in [5, 5.41) is 0. The summed E-state index contributed by atoms with van der Waals surface area (Å²) in [4.78, 5) is 34.2. The Bertz CT molecular complexity index is 924. The number of carbonyl (C=O) groups is 2. The average Bonchev–Trinajstić information content (AvgIpc) is 3.28. The monoisotopic (exact) mass is 437 g/mol. The van der Waals surface area contributed by atoms with Crippen LogP contribution in [0.2, 0.25) is 0 Å². The molecule has 2 aromatic rings. The fraction of sp³-hybridized carbons (Fsp3) is 0.500. The average molecular weight is 438 g/mol. The van der Waals surface area contributed by atoms with Gasteiger partial charge in [-0.25, -0.2) is 4.39 Å². The molecule has 2 aliphatic rings. The largest absolute Gasteiger partial charge is 0.342 e. The van der Waals surface area contributed by atoms with E-state index in [9.17, 15) is 14.0 Å². The van der Waals surface area contributed by atoms with E-state index in [2.05, 4.69) is 16.8 Å². The van der Waals surface area contributed by atoms with Crippen molar-refractivity contribution in [2.24, 2.45) is 5.41 Å². The van der Waals surface area contributed by atoms with E-state index >= 15 is 0 Å². The van der Waals surface area contributed by atoms with Crippen LogP contribution in [0, 0.1) is 11.2 Å². The first-order valence-electron chi connectivity index (χ1n) is 11.7. The molecule has 0 N–H and O–H groups in total. The van der Waals surface area contributed by atoms with Gasteiger partial charge in [-0.2, -0.15) is 0 Å². The minimum absolute atomic E-state index is 0.0440. The maximum Gasteiger partial charge on any atom is 0.228 e. The van der Waals surface area contributed by atoms with Crippen LogP contribution in [0.1, 0.15) is 50.2 Å². The third kappa shape index (κ3) is 5.17. The summed E-state index contributed by atoms with van der Waals surface area (Å²) in [5.41, 5.74) is 1.67. The highest BCUT2D eigenvalue weighted by atomic mass is 19.1. The number of aryl methyl sites for hydroxylation is 1. The predicted molar refractivity (Wildman–Crippen MR) is 121 cm³/mol. The topological polar surface area (TPSA) is 53.5 Å². The fourth-order valence-electron chi connectivity index (χ4n) is 4.98. The fourth-order valence-corrected chi connectivity index (χ4v) is 4.98. The van der Waals surface area contributed by atoms with Gasteiger partial charge in [-0.3, -0.25) is 14.6 Å². The number of rotatable bonds is 6. The molecule has 170 valence electrons. The molecular formula is C26H32FN3O2. The maximum atomic E-state index is 13.5. The summed E-state index contributed by atoms with van der Waals surface area (Å²) in [7, 11) is 0. The molecule has 0 bridgehead atoms. The lowest BCUT2D eigenvalue weighted by atomic mass is 9.78. The Labute approximate surface area is 189 Å². The van der Waals surface area contributed by atoms with E-state index in [1.807, 2.05) is 29.4 Å². The van der Waals surface area contributed by atoms with Crippen LogP contribution >= 0.6 is 0 Å². The van der Waals surface area contributed by atoms with Gasteiger partial charge in [0.15, 0.2) is 0 Å². The van der Waals surface area contributed by atoms with Crippen LogP contribution in [-0.4, -0.2) is 52.3 Å². The Balaban J connectivity index is 1.31. The van der Waals surface area contributed by atoms with Gasteiger partial charge in [0.1, 0.15) is 5.82 Å². The van der Waals surface area contributed by atoms with E-state index in [-0.39, 0.29) is 24.1 Å². The molecule has 6 heteroatoms. The third-order valence-electron chi connectivity index (χ3n) is 7.16. The predicted octanol–water partition coefficient (Wildman–Crippen LogP) is 4.02. The molecule has 5 nitrogen and oxygen atoms in total. The molecule has 0 spiro atoms. The van der Waals surface area contributed by atoms with Crippen molar-refractivity contribution in [3.63, 3.8) is 0 Å². The van der Waals surface area contributed by atoms with Crippen molar-refractivity contribution in [1.29, 1.82) is 0 Å². The lowest BCUT2D eigenvalue weighted by molar-refractivity contribution is -0.148. The molecule has 2 amide bonds. The number of carbonyl (C=O) groups excluding carboxylic acids is 2. The van der Waals surface area contributed by atoms with Gasteiger partial charge in [0.2, 0.25) is 11.8 Å². The summed E-state index contributed by atoms with van der Waals surface area (Å²) < 4.78 is 13.1. The molecule has 2 fully saturated rings. The van der Waals surface area contributed by atoms with Crippen LogP contribution in [0.5, 0.6) is 0 Å². The SMILES string of the molecule is CC1(C(=O)N2CCCC2CCc2ccncc2)CCN(C(=O)Cc2ccc(F)cc2)CC1. The normalized spacial score (nSPS) is 20.4. The number of hydrogen-bond donors (Lipinski definition) is 0. The van der Waals surface area contributed by atoms with Crippen molar-refractivity contribution in [1.82, 2.24) is 14.8 Å². The zero-order valence-electron chi connectivity index (χ0n) is 18.8. The van der Waals surface area contributed by atoms with E-state index in [0.717, 1.165) is 37.8 Å². The molecule has 1 aromatic heterocycles. The molecular weight excluding hydrogens is 405 g/mol. The third-order valence-corrected chi connectivity index (χ3v) is 7.16. The lowest BCUT2D eigenvalue weighted by Crippen LogP contribution is -2.51. The van der Waals surface area contributed by atoms with Crippen molar-refractivity contribution in [3.8, 4) is 0 Å². The molecule has 32 heavy (non-hydrogen) atoms. The summed E-state index contributed by atoms with van der Waals surface area (Å²) in [5.74, 6) is -0.00249.